The molecule has 2 aromatic rings. The fourth-order valence-electron chi connectivity index (χ4n) is 2.07. The Kier molecular flexibility index (Phi) is 4.42. The van der Waals surface area contributed by atoms with Crippen molar-refractivity contribution in [3.8, 4) is 0 Å². The zero-order chi connectivity index (χ0) is 14.2. The summed E-state index contributed by atoms with van der Waals surface area (Å²) in [6.07, 6.45) is 0. The number of aryl methyl sites for hydroxylation is 2. The molecule has 0 bridgehead atoms. The molecule has 0 aromatic heterocycles. The van der Waals surface area contributed by atoms with Gasteiger partial charge in [0.1, 0.15) is 0 Å². The van der Waals surface area contributed by atoms with Gasteiger partial charge < -0.3 is 5.73 Å². The van der Waals surface area contributed by atoms with E-state index in [2.05, 4.69) is 0 Å². The zero-order valence-electron chi connectivity index (χ0n) is 10.7. The number of halogens is 3. The van der Waals surface area contributed by atoms with E-state index in [0.717, 1.165) is 27.3 Å². The molecule has 0 heterocycles. The molecule has 1 nitrogen and oxygen atoms in total. The zero-order valence-corrected chi connectivity index (χ0v) is 12.9. The minimum Gasteiger partial charge on any atom is -0.320 e. The number of hydrogen-bond donors (Lipinski definition) is 1. The maximum atomic E-state index is 6.32. The van der Waals surface area contributed by atoms with Gasteiger partial charge in [0.25, 0.3) is 0 Å². The lowest BCUT2D eigenvalue weighted by Gasteiger charge is -2.18. The highest BCUT2D eigenvalue weighted by molar-refractivity contribution is 6.42. The number of benzene rings is 2. The number of nitrogens with two attached hydrogens (primary N) is 1. The second kappa shape index (κ2) is 5.72. The molecular formula is C15H14Cl3N. The number of rotatable bonds is 2. The summed E-state index contributed by atoms with van der Waals surface area (Å²) in [4.78, 5) is 0. The fourth-order valence-corrected chi connectivity index (χ4v) is 2.71. The predicted molar refractivity (Wildman–Crippen MR) is 83.4 cm³/mol. The average Bonchev–Trinajstić information content (AvgIpc) is 2.36. The summed E-state index contributed by atoms with van der Waals surface area (Å²) in [5, 5.41) is 1.76. The molecule has 0 saturated carbocycles. The van der Waals surface area contributed by atoms with Crippen molar-refractivity contribution in [3.63, 3.8) is 0 Å². The van der Waals surface area contributed by atoms with Gasteiger partial charge in [0.2, 0.25) is 0 Å². The Labute approximate surface area is 128 Å². The van der Waals surface area contributed by atoms with Gasteiger partial charge in [-0.2, -0.15) is 0 Å². The van der Waals surface area contributed by atoms with Crippen molar-refractivity contribution >= 4 is 34.8 Å². The molecule has 1 atom stereocenters. The smallest absolute Gasteiger partial charge is 0.0643 e. The second-order valence-electron chi connectivity index (χ2n) is 4.58. The molecular weight excluding hydrogens is 301 g/mol. The molecule has 2 aromatic carbocycles. The Hall–Kier alpha value is -0.730. The third kappa shape index (κ3) is 2.90. The van der Waals surface area contributed by atoms with E-state index in [-0.39, 0.29) is 6.04 Å². The topological polar surface area (TPSA) is 26.0 Å². The summed E-state index contributed by atoms with van der Waals surface area (Å²) in [5.41, 5.74) is 10.2. The third-order valence-electron chi connectivity index (χ3n) is 3.20. The van der Waals surface area contributed by atoms with Crippen molar-refractivity contribution in [2.45, 2.75) is 19.9 Å². The van der Waals surface area contributed by atoms with E-state index in [0.29, 0.717) is 10.0 Å². The lowest BCUT2D eigenvalue weighted by Crippen LogP contribution is -2.14. The summed E-state index contributed by atoms with van der Waals surface area (Å²) < 4.78 is 0. The second-order valence-corrected chi connectivity index (χ2v) is 5.77. The molecule has 0 aliphatic carbocycles. The molecule has 100 valence electrons. The number of hydrogen-bond acceptors (Lipinski definition) is 1. The normalized spacial score (nSPS) is 12.5. The minimum atomic E-state index is -0.317. The van der Waals surface area contributed by atoms with Crippen molar-refractivity contribution < 1.29 is 0 Å². The Morgan fingerprint density at radius 3 is 2.26 bits per heavy atom. The summed E-state index contributed by atoms with van der Waals surface area (Å²) in [7, 11) is 0. The molecule has 0 aliphatic rings. The van der Waals surface area contributed by atoms with Crippen LogP contribution in [-0.2, 0) is 0 Å². The molecule has 0 amide bonds. The minimum absolute atomic E-state index is 0.317. The fraction of sp³-hybridized carbons (Fsp3) is 0.200. The molecule has 0 spiro atoms. The van der Waals surface area contributed by atoms with Crippen LogP contribution in [0.1, 0.15) is 28.3 Å². The molecule has 1 unspecified atom stereocenters. The van der Waals surface area contributed by atoms with E-state index in [1.807, 2.05) is 38.1 Å². The first kappa shape index (κ1) is 14.7. The highest BCUT2D eigenvalue weighted by Crippen LogP contribution is 2.34. The molecule has 2 rings (SSSR count). The molecule has 19 heavy (non-hydrogen) atoms. The van der Waals surface area contributed by atoms with Crippen LogP contribution >= 0.6 is 34.8 Å². The summed E-state index contributed by atoms with van der Waals surface area (Å²) in [6.45, 7) is 3.94. The van der Waals surface area contributed by atoms with Crippen molar-refractivity contribution in [1.29, 1.82) is 0 Å². The van der Waals surface area contributed by atoms with Crippen molar-refractivity contribution in [1.82, 2.24) is 0 Å². The maximum absolute atomic E-state index is 6.32. The molecule has 2 N–H and O–H groups in total. The third-order valence-corrected chi connectivity index (χ3v) is 4.44. The van der Waals surface area contributed by atoms with Gasteiger partial charge in [-0.3, -0.25) is 0 Å². The predicted octanol–water partition coefficient (Wildman–Crippen LogP) is 5.31. The lowest BCUT2D eigenvalue weighted by atomic mass is 9.94. The lowest BCUT2D eigenvalue weighted by molar-refractivity contribution is 0.860. The first-order valence-corrected chi connectivity index (χ1v) is 7.01. The van der Waals surface area contributed by atoms with E-state index >= 15 is 0 Å². The van der Waals surface area contributed by atoms with Crippen LogP contribution in [0, 0.1) is 13.8 Å². The molecule has 0 fully saturated rings. The molecule has 0 radical (unpaired) electrons. The van der Waals surface area contributed by atoms with Gasteiger partial charge in [-0.15, -0.1) is 0 Å². The van der Waals surface area contributed by atoms with E-state index in [1.165, 1.54) is 0 Å². The van der Waals surface area contributed by atoms with Gasteiger partial charge in [0, 0.05) is 5.02 Å². The van der Waals surface area contributed by atoms with E-state index in [4.69, 9.17) is 40.5 Å². The standard InChI is InChI=1S/C15H14Cl3N/c1-8-7-13(17)9(2)6-11(8)15(19)10-4-3-5-12(16)14(10)18/h3-7,15H,19H2,1-2H3. The van der Waals surface area contributed by atoms with Crippen LogP contribution < -0.4 is 5.73 Å². The van der Waals surface area contributed by atoms with E-state index in [1.54, 1.807) is 6.07 Å². The largest absolute Gasteiger partial charge is 0.320 e. The summed E-state index contributed by atoms with van der Waals surface area (Å²) >= 11 is 18.4. The van der Waals surface area contributed by atoms with Gasteiger partial charge >= 0.3 is 0 Å². The van der Waals surface area contributed by atoms with Gasteiger partial charge in [0.15, 0.2) is 0 Å². The van der Waals surface area contributed by atoms with E-state index in [9.17, 15) is 0 Å². The highest BCUT2D eigenvalue weighted by Gasteiger charge is 2.17. The van der Waals surface area contributed by atoms with Crippen LogP contribution in [0.4, 0.5) is 0 Å². The van der Waals surface area contributed by atoms with Crippen molar-refractivity contribution in [2.24, 2.45) is 5.73 Å². The highest BCUT2D eigenvalue weighted by atomic mass is 35.5. The molecule has 0 aliphatic heterocycles. The Bertz CT molecular complexity index is 623. The Morgan fingerprint density at radius 2 is 1.58 bits per heavy atom. The van der Waals surface area contributed by atoms with Crippen LogP contribution in [0.25, 0.3) is 0 Å². The SMILES string of the molecule is Cc1cc(C(N)c2cccc(Cl)c2Cl)c(C)cc1Cl. The summed E-state index contributed by atoms with van der Waals surface area (Å²) in [6, 6.07) is 9.09. The Balaban J connectivity index is 2.53. The Morgan fingerprint density at radius 1 is 0.895 bits per heavy atom. The average molecular weight is 315 g/mol. The van der Waals surface area contributed by atoms with E-state index < -0.39 is 0 Å². The molecule has 4 heteroatoms. The first-order valence-electron chi connectivity index (χ1n) is 5.88. The van der Waals surface area contributed by atoms with Gasteiger partial charge in [0.05, 0.1) is 16.1 Å². The quantitative estimate of drug-likeness (QED) is 0.798. The first-order chi connectivity index (χ1) is 8.91. The monoisotopic (exact) mass is 313 g/mol. The van der Waals surface area contributed by atoms with Crippen molar-refractivity contribution in [3.05, 3.63) is 67.7 Å². The van der Waals surface area contributed by atoms with Crippen LogP contribution in [0.15, 0.2) is 30.3 Å². The van der Waals surface area contributed by atoms with Crippen LogP contribution in [-0.4, -0.2) is 0 Å². The van der Waals surface area contributed by atoms with Crippen LogP contribution in [0.2, 0.25) is 15.1 Å². The van der Waals surface area contributed by atoms with Crippen LogP contribution in [0.5, 0.6) is 0 Å². The molecule has 0 saturated heterocycles. The van der Waals surface area contributed by atoms with Gasteiger partial charge in [-0.05, 0) is 48.2 Å². The van der Waals surface area contributed by atoms with Gasteiger partial charge in [-0.25, -0.2) is 0 Å². The summed E-state index contributed by atoms with van der Waals surface area (Å²) in [5.74, 6) is 0. The van der Waals surface area contributed by atoms with Crippen molar-refractivity contribution in [2.75, 3.05) is 0 Å². The van der Waals surface area contributed by atoms with Crippen LogP contribution in [0.3, 0.4) is 0 Å². The van der Waals surface area contributed by atoms with Gasteiger partial charge in [-0.1, -0.05) is 53.0 Å². The maximum Gasteiger partial charge on any atom is 0.0643 e.